The maximum absolute atomic E-state index is 5.59. The van der Waals surface area contributed by atoms with Crippen LogP contribution in [0, 0.1) is 0 Å². The summed E-state index contributed by atoms with van der Waals surface area (Å²) in [6.07, 6.45) is 0.716. The molecule has 0 bridgehead atoms. The Morgan fingerprint density at radius 2 is 2.70 bits per heavy atom. The molecule has 1 atom stereocenters. The van der Waals surface area contributed by atoms with E-state index in [9.17, 15) is 0 Å². The summed E-state index contributed by atoms with van der Waals surface area (Å²) in [5, 5.41) is 7.04. The molecule has 0 saturated carbocycles. The van der Waals surface area contributed by atoms with Crippen molar-refractivity contribution in [3.63, 3.8) is 0 Å². The number of thiocarbonyl (C=S) groups is 1. The van der Waals surface area contributed by atoms with Crippen LogP contribution in [0.4, 0.5) is 0 Å². The Hall–Kier alpha value is -0.680. The molecular formula is C5H10N4S. The van der Waals surface area contributed by atoms with E-state index in [0.29, 0.717) is 0 Å². The molecule has 0 amide bonds. The molecule has 3 N–H and O–H groups in total. The van der Waals surface area contributed by atoms with Crippen molar-refractivity contribution in [2.45, 2.75) is 19.5 Å². The Kier molecular flexibility index (Phi) is 2.18. The highest BCUT2D eigenvalue weighted by Gasteiger charge is 2.20. The molecule has 0 radical (unpaired) electrons. The number of rotatable bonds is 2. The quantitative estimate of drug-likeness (QED) is 0.432. The van der Waals surface area contributed by atoms with E-state index in [0.717, 1.165) is 12.3 Å². The van der Waals surface area contributed by atoms with Crippen molar-refractivity contribution < 1.29 is 0 Å². The summed E-state index contributed by atoms with van der Waals surface area (Å²) in [7, 11) is 0. The first-order valence-electron chi connectivity index (χ1n) is 3.11. The lowest BCUT2D eigenvalue weighted by Crippen LogP contribution is -2.45. The number of hydrazone groups is 1. The Labute approximate surface area is 65.0 Å². The minimum Gasteiger partial charge on any atom is -0.280 e. The maximum Gasteiger partial charge on any atom is 0.159 e. The largest absolute Gasteiger partial charge is 0.280 e. The minimum absolute atomic E-state index is 0.107. The van der Waals surface area contributed by atoms with Gasteiger partial charge in [0.1, 0.15) is 5.84 Å². The van der Waals surface area contributed by atoms with Crippen LogP contribution in [-0.4, -0.2) is 22.4 Å². The molecule has 0 spiro atoms. The smallest absolute Gasteiger partial charge is 0.159 e. The van der Waals surface area contributed by atoms with Gasteiger partial charge in [-0.15, -0.1) is 0 Å². The lowest BCUT2D eigenvalue weighted by atomic mass is 10.4. The molecule has 10 heavy (non-hydrogen) atoms. The summed E-state index contributed by atoms with van der Waals surface area (Å²) in [6.45, 7) is 1.99. The Morgan fingerprint density at radius 1 is 2.00 bits per heavy atom. The van der Waals surface area contributed by atoms with E-state index in [4.69, 9.17) is 18.1 Å². The first-order valence-corrected chi connectivity index (χ1v) is 3.58. The first kappa shape index (κ1) is 7.43. The van der Waals surface area contributed by atoms with Gasteiger partial charge in [-0.3, -0.25) is 10.4 Å². The van der Waals surface area contributed by atoms with Crippen molar-refractivity contribution in [3.8, 4) is 0 Å². The summed E-state index contributed by atoms with van der Waals surface area (Å²) in [4.78, 5) is 0. The summed E-state index contributed by atoms with van der Waals surface area (Å²) in [5.41, 5.74) is 2.79. The molecule has 1 unspecified atom stereocenters. The SMILES string of the molecule is CCC1=NNC(C=S)N1N. The van der Waals surface area contributed by atoms with Gasteiger partial charge in [-0.05, 0) is 0 Å². The van der Waals surface area contributed by atoms with Gasteiger partial charge in [-0.1, -0.05) is 19.1 Å². The van der Waals surface area contributed by atoms with Crippen molar-refractivity contribution in [1.29, 1.82) is 0 Å². The average Bonchev–Trinajstić information content (AvgIpc) is 2.30. The lowest BCUT2D eigenvalue weighted by molar-refractivity contribution is 0.389. The summed E-state index contributed by atoms with van der Waals surface area (Å²) in [5.74, 6) is 6.43. The molecule has 0 aromatic carbocycles. The number of hydrazine groups is 1. The highest BCUT2D eigenvalue weighted by atomic mass is 32.1. The highest BCUT2D eigenvalue weighted by Crippen LogP contribution is 2.00. The summed E-state index contributed by atoms with van der Waals surface area (Å²) >= 11 is 4.71. The standard InChI is InChI=1S/C5H10N4S/c1-2-4-7-8-5(3-10)9(4)6/h3,5,8H,2,6H2,1H3. The maximum atomic E-state index is 5.59. The second-order valence-electron chi connectivity index (χ2n) is 2.00. The molecule has 0 aromatic rings. The van der Waals surface area contributed by atoms with Crippen molar-refractivity contribution in [1.82, 2.24) is 10.4 Å². The Balaban J connectivity index is 2.59. The zero-order chi connectivity index (χ0) is 7.56. The zero-order valence-electron chi connectivity index (χ0n) is 5.74. The number of amidine groups is 1. The van der Waals surface area contributed by atoms with Crippen LogP contribution in [0.1, 0.15) is 13.3 Å². The normalized spacial score (nSPS) is 24.0. The van der Waals surface area contributed by atoms with Crippen LogP contribution in [0.15, 0.2) is 5.10 Å². The van der Waals surface area contributed by atoms with Crippen molar-refractivity contribution in [3.05, 3.63) is 0 Å². The number of hydrogen-bond donors (Lipinski definition) is 2. The summed E-state index contributed by atoms with van der Waals surface area (Å²) < 4.78 is 0. The third-order valence-corrected chi connectivity index (χ3v) is 1.63. The van der Waals surface area contributed by atoms with Gasteiger partial charge in [0.25, 0.3) is 0 Å². The van der Waals surface area contributed by atoms with Crippen LogP contribution in [-0.2, 0) is 0 Å². The molecule has 56 valence electrons. The molecule has 0 aliphatic carbocycles. The van der Waals surface area contributed by atoms with E-state index in [1.165, 1.54) is 5.01 Å². The van der Waals surface area contributed by atoms with Crippen LogP contribution < -0.4 is 11.3 Å². The second kappa shape index (κ2) is 2.94. The van der Waals surface area contributed by atoms with Gasteiger partial charge >= 0.3 is 0 Å². The van der Waals surface area contributed by atoms with Gasteiger partial charge in [-0.25, -0.2) is 5.84 Å². The molecule has 1 aliphatic heterocycles. The fraction of sp³-hybridized carbons (Fsp3) is 0.600. The number of nitrogens with two attached hydrogens (primary N) is 1. The van der Waals surface area contributed by atoms with Crippen molar-refractivity contribution >= 4 is 23.4 Å². The average molecular weight is 158 g/mol. The fourth-order valence-corrected chi connectivity index (χ4v) is 0.971. The Bertz CT molecular complexity index is 167. The van der Waals surface area contributed by atoms with Crippen LogP contribution in [0.25, 0.3) is 0 Å². The van der Waals surface area contributed by atoms with E-state index < -0.39 is 0 Å². The van der Waals surface area contributed by atoms with E-state index in [-0.39, 0.29) is 6.17 Å². The monoisotopic (exact) mass is 158 g/mol. The topological polar surface area (TPSA) is 53.7 Å². The van der Waals surface area contributed by atoms with Gasteiger partial charge in [0.05, 0.1) is 0 Å². The molecule has 1 heterocycles. The molecule has 1 aliphatic rings. The summed E-state index contributed by atoms with van der Waals surface area (Å²) in [6, 6.07) is 0. The van der Waals surface area contributed by atoms with Crippen molar-refractivity contribution in [2.24, 2.45) is 10.9 Å². The van der Waals surface area contributed by atoms with Crippen LogP contribution in [0.5, 0.6) is 0 Å². The van der Waals surface area contributed by atoms with E-state index in [2.05, 4.69) is 10.5 Å². The third-order valence-electron chi connectivity index (χ3n) is 1.37. The molecule has 0 fully saturated rings. The van der Waals surface area contributed by atoms with E-state index >= 15 is 0 Å². The van der Waals surface area contributed by atoms with Gasteiger partial charge in [0.15, 0.2) is 6.17 Å². The Morgan fingerprint density at radius 3 is 3.00 bits per heavy atom. The number of hydrogen-bond acceptors (Lipinski definition) is 5. The van der Waals surface area contributed by atoms with E-state index in [1.807, 2.05) is 6.92 Å². The number of nitrogens with one attached hydrogen (secondary N) is 1. The molecule has 0 saturated heterocycles. The second-order valence-corrected chi connectivity index (χ2v) is 2.27. The van der Waals surface area contributed by atoms with Crippen LogP contribution in [0.2, 0.25) is 0 Å². The fourth-order valence-electron chi connectivity index (χ4n) is 0.779. The van der Waals surface area contributed by atoms with Crippen LogP contribution >= 0.6 is 12.2 Å². The molecule has 5 heteroatoms. The molecule has 1 rings (SSSR count). The highest BCUT2D eigenvalue weighted by molar-refractivity contribution is 7.79. The zero-order valence-corrected chi connectivity index (χ0v) is 6.56. The van der Waals surface area contributed by atoms with Crippen LogP contribution in [0.3, 0.4) is 0 Å². The predicted molar refractivity (Wildman–Crippen MR) is 44.3 cm³/mol. The van der Waals surface area contributed by atoms with Crippen molar-refractivity contribution in [2.75, 3.05) is 0 Å². The third kappa shape index (κ3) is 1.10. The number of nitrogens with zero attached hydrogens (tertiary/aromatic N) is 2. The van der Waals surface area contributed by atoms with Gasteiger partial charge in [-0.2, -0.15) is 5.10 Å². The minimum atomic E-state index is -0.107. The van der Waals surface area contributed by atoms with E-state index in [1.54, 1.807) is 5.37 Å². The lowest BCUT2D eigenvalue weighted by Gasteiger charge is -2.16. The predicted octanol–water partition coefficient (Wildman–Crippen LogP) is -0.185. The molecule has 4 nitrogen and oxygen atoms in total. The van der Waals surface area contributed by atoms with Gasteiger partial charge in [0.2, 0.25) is 0 Å². The first-order chi connectivity index (χ1) is 4.79. The van der Waals surface area contributed by atoms with Gasteiger partial charge in [0, 0.05) is 11.8 Å². The molecular weight excluding hydrogens is 148 g/mol. The van der Waals surface area contributed by atoms with Gasteiger partial charge < -0.3 is 0 Å². The molecule has 0 aromatic heterocycles.